The summed E-state index contributed by atoms with van der Waals surface area (Å²) < 4.78 is 2.70. The number of hydrogen-bond donors (Lipinski definition) is 0. The van der Waals surface area contributed by atoms with Crippen molar-refractivity contribution in [3.8, 4) is 11.3 Å². The van der Waals surface area contributed by atoms with Gasteiger partial charge in [0.2, 0.25) is 0 Å². The predicted octanol–water partition coefficient (Wildman–Crippen LogP) is 7.47. The van der Waals surface area contributed by atoms with Crippen molar-refractivity contribution in [2.45, 2.75) is 51.4 Å². The minimum absolute atomic E-state index is 0.203. The van der Waals surface area contributed by atoms with E-state index in [9.17, 15) is 0 Å². The lowest BCUT2D eigenvalue weighted by Crippen LogP contribution is -2.33. The second-order valence-corrected chi connectivity index (χ2v) is 10.2. The van der Waals surface area contributed by atoms with E-state index >= 15 is 0 Å². The van der Waals surface area contributed by atoms with Crippen LogP contribution in [0.15, 0.2) is 54.7 Å². The van der Waals surface area contributed by atoms with Gasteiger partial charge >= 0.3 is 0 Å². The normalized spacial score (nSPS) is 17.9. The lowest BCUT2D eigenvalue weighted by Gasteiger charge is -2.42. The number of hydrogen-bond acceptors (Lipinski definition) is 2. The summed E-state index contributed by atoms with van der Waals surface area (Å²) in [5.41, 5.74) is 5.84. The highest BCUT2D eigenvalue weighted by Gasteiger charge is 2.38. The second-order valence-electron chi connectivity index (χ2n) is 9.13. The Morgan fingerprint density at radius 1 is 0.852 bits per heavy atom. The van der Waals surface area contributed by atoms with Crippen molar-refractivity contribution in [1.29, 1.82) is 0 Å². The van der Waals surface area contributed by atoms with E-state index in [1.165, 1.54) is 44.1 Å². The zero-order chi connectivity index (χ0) is 18.8. The SMILES string of the molecule is CC1(C)CCC(C)(C)c2c1ccc1sc3c(-c4ccccc4)nccc3c21. The zero-order valence-corrected chi connectivity index (χ0v) is 17.3. The third kappa shape index (κ3) is 2.46. The predicted molar refractivity (Wildman–Crippen MR) is 118 cm³/mol. The van der Waals surface area contributed by atoms with Gasteiger partial charge in [-0.1, -0.05) is 64.1 Å². The quantitative estimate of drug-likeness (QED) is 0.338. The molecule has 0 fully saturated rings. The van der Waals surface area contributed by atoms with Gasteiger partial charge in [0, 0.05) is 27.2 Å². The lowest BCUT2D eigenvalue weighted by atomic mass is 9.62. The van der Waals surface area contributed by atoms with Crippen LogP contribution in [0.1, 0.15) is 51.7 Å². The molecule has 0 bridgehead atoms. The molecule has 0 atom stereocenters. The Kier molecular flexibility index (Phi) is 3.55. The van der Waals surface area contributed by atoms with Crippen LogP contribution in [-0.2, 0) is 10.8 Å². The summed E-state index contributed by atoms with van der Waals surface area (Å²) in [4.78, 5) is 4.76. The van der Waals surface area contributed by atoms with E-state index in [0.29, 0.717) is 0 Å². The van der Waals surface area contributed by atoms with E-state index in [2.05, 4.69) is 76.2 Å². The highest BCUT2D eigenvalue weighted by molar-refractivity contribution is 7.26. The number of nitrogens with zero attached hydrogens (tertiary/aromatic N) is 1. The van der Waals surface area contributed by atoms with Crippen LogP contribution in [0.5, 0.6) is 0 Å². The fourth-order valence-corrected chi connectivity index (χ4v) is 5.96. The molecule has 0 aliphatic heterocycles. The van der Waals surface area contributed by atoms with Gasteiger partial charge in [-0.25, -0.2) is 0 Å². The summed E-state index contributed by atoms with van der Waals surface area (Å²) in [6.45, 7) is 9.64. The van der Waals surface area contributed by atoms with Crippen LogP contribution in [0.25, 0.3) is 31.4 Å². The fraction of sp³-hybridized carbons (Fsp3) is 0.320. The van der Waals surface area contributed by atoms with Gasteiger partial charge in [0.1, 0.15) is 0 Å². The van der Waals surface area contributed by atoms with Gasteiger partial charge in [-0.3, -0.25) is 4.98 Å². The molecule has 5 rings (SSSR count). The summed E-state index contributed by atoms with van der Waals surface area (Å²) >= 11 is 1.89. The molecule has 136 valence electrons. The molecule has 1 aliphatic rings. The minimum Gasteiger partial charge on any atom is -0.255 e. The maximum absolute atomic E-state index is 4.76. The van der Waals surface area contributed by atoms with Crippen LogP contribution in [0, 0.1) is 0 Å². The van der Waals surface area contributed by atoms with E-state index in [1.54, 1.807) is 5.56 Å². The molecule has 2 heteroatoms. The summed E-state index contributed by atoms with van der Waals surface area (Å²) in [6, 6.07) is 17.5. The Bertz CT molecular complexity index is 1170. The van der Waals surface area contributed by atoms with Crippen LogP contribution in [0.2, 0.25) is 0 Å². The molecular formula is C25H25NS. The Hall–Kier alpha value is -2.19. The Balaban J connectivity index is 1.91. The minimum atomic E-state index is 0.203. The summed E-state index contributed by atoms with van der Waals surface area (Å²) in [5, 5.41) is 2.83. The lowest BCUT2D eigenvalue weighted by molar-refractivity contribution is 0.334. The number of fused-ring (bicyclic) bond motifs is 5. The van der Waals surface area contributed by atoms with Gasteiger partial charge in [-0.15, -0.1) is 11.3 Å². The van der Waals surface area contributed by atoms with Gasteiger partial charge in [0.15, 0.2) is 0 Å². The van der Waals surface area contributed by atoms with Crippen molar-refractivity contribution in [3.05, 3.63) is 65.9 Å². The molecular weight excluding hydrogens is 346 g/mol. The molecule has 0 amide bonds. The molecule has 2 aromatic carbocycles. The molecule has 0 radical (unpaired) electrons. The average molecular weight is 372 g/mol. The Morgan fingerprint density at radius 3 is 2.37 bits per heavy atom. The monoisotopic (exact) mass is 371 g/mol. The van der Waals surface area contributed by atoms with Crippen LogP contribution in [0.4, 0.5) is 0 Å². The van der Waals surface area contributed by atoms with Crippen molar-refractivity contribution < 1.29 is 0 Å². The molecule has 0 saturated heterocycles. The number of benzene rings is 2. The largest absolute Gasteiger partial charge is 0.255 e. The Labute approximate surface area is 165 Å². The van der Waals surface area contributed by atoms with Gasteiger partial charge in [-0.2, -0.15) is 0 Å². The standard InChI is InChI=1S/C25H25NS/c1-24(2)13-14-25(3,4)21-18(24)10-11-19-20(21)17-12-15-26-22(23(17)27-19)16-8-6-5-7-9-16/h5-12,15H,13-14H2,1-4H3. The molecule has 27 heavy (non-hydrogen) atoms. The highest BCUT2D eigenvalue weighted by Crippen LogP contribution is 2.51. The van der Waals surface area contributed by atoms with E-state index in [-0.39, 0.29) is 10.8 Å². The first-order valence-electron chi connectivity index (χ1n) is 9.79. The molecule has 2 heterocycles. The molecule has 2 aromatic heterocycles. The van der Waals surface area contributed by atoms with Gasteiger partial charge in [0.25, 0.3) is 0 Å². The molecule has 0 N–H and O–H groups in total. The average Bonchev–Trinajstić information content (AvgIpc) is 3.04. The van der Waals surface area contributed by atoms with Crippen LogP contribution in [0.3, 0.4) is 0 Å². The van der Waals surface area contributed by atoms with Crippen LogP contribution in [-0.4, -0.2) is 4.98 Å². The maximum Gasteiger partial charge on any atom is 0.0880 e. The van der Waals surface area contributed by atoms with Crippen molar-refractivity contribution in [1.82, 2.24) is 4.98 Å². The smallest absolute Gasteiger partial charge is 0.0880 e. The third-order valence-corrected chi connectivity index (χ3v) is 7.56. The summed E-state index contributed by atoms with van der Waals surface area (Å²) in [6.07, 6.45) is 4.47. The van der Waals surface area contributed by atoms with Gasteiger partial charge < -0.3 is 0 Å². The highest BCUT2D eigenvalue weighted by atomic mass is 32.1. The van der Waals surface area contributed by atoms with Crippen molar-refractivity contribution >= 4 is 31.5 Å². The topological polar surface area (TPSA) is 12.9 Å². The summed E-state index contributed by atoms with van der Waals surface area (Å²) in [7, 11) is 0. The zero-order valence-electron chi connectivity index (χ0n) is 16.5. The third-order valence-electron chi connectivity index (χ3n) is 6.38. The maximum atomic E-state index is 4.76. The molecule has 0 spiro atoms. The summed E-state index contributed by atoms with van der Waals surface area (Å²) in [5.74, 6) is 0. The first-order chi connectivity index (χ1) is 12.9. The van der Waals surface area contributed by atoms with Gasteiger partial charge in [0.05, 0.1) is 10.4 Å². The number of aromatic nitrogens is 1. The van der Waals surface area contributed by atoms with Crippen molar-refractivity contribution in [2.75, 3.05) is 0 Å². The van der Waals surface area contributed by atoms with E-state index < -0.39 is 0 Å². The molecule has 0 saturated carbocycles. The first-order valence-corrected chi connectivity index (χ1v) is 10.6. The molecule has 1 nitrogen and oxygen atoms in total. The van der Waals surface area contributed by atoms with Crippen LogP contribution >= 0.6 is 11.3 Å². The number of thiophene rings is 1. The second kappa shape index (κ2) is 5.65. The molecule has 4 aromatic rings. The van der Waals surface area contributed by atoms with E-state index in [0.717, 1.165) is 5.69 Å². The first kappa shape index (κ1) is 16.9. The fourth-order valence-electron chi connectivity index (χ4n) is 4.75. The molecule has 1 aliphatic carbocycles. The number of pyridine rings is 1. The van der Waals surface area contributed by atoms with Gasteiger partial charge in [-0.05, 0) is 46.9 Å². The number of rotatable bonds is 1. The van der Waals surface area contributed by atoms with E-state index in [1.807, 2.05) is 17.5 Å². The van der Waals surface area contributed by atoms with Crippen LogP contribution < -0.4 is 0 Å². The van der Waals surface area contributed by atoms with Crippen molar-refractivity contribution in [3.63, 3.8) is 0 Å². The molecule has 0 unspecified atom stereocenters. The van der Waals surface area contributed by atoms with Crippen molar-refractivity contribution in [2.24, 2.45) is 0 Å². The Morgan fingerprint density at radius 2 is 1.59 bits per heavy atom. The van der Waals surface area contributed by atoms with E-state index in [4.69, 9.17) is 4.98 Å².